The fourth-order valence-electron chi connectivity index (χ4n) is 0.720. The van der Waals surface area contributed by atoms with E-state index in [9.17, 15) is 0 Å². The van der Waals surface area contributed by atoms with Crippen LogP contribution in [0, 0.1) is 0 Å². The Morgan fingerprint density at radius 1 is 1.50 bits per heavy atom. The molecule has 0 saturated heterocycles. The monoisotopic (exact) mass is 159 g/mol. The van der Waals surface area contributed by atoms with Gasteiger partial charge in [0.15, 0.2) is 6.39 Å². The molecule has 0 fully saturated rings. The van der Waals surface area contributed by atoms with E-state index in [1.165, 1.54) is 6.39 Å². The lowest BCUT2D eigenvalue weighted by molar-refractivity contribution is 0.539. The van der Waals surface area contributed by atoms with Crippen molar-refractivity contribution < 1.29 is 4.42 Å². The first-order valence-electron chi connectivity index (χ1n) is 3.11. The Morgan fingerprint density at radius 3 is 2.30 bits per heavy atom. The summed E-state index contributed by atoms with van der Waals surface area (Å²) in [4.78, 5) is 3.99. The maximum absolute atomic E-state index is 5.70. The van der Waals surface area contributed by atoms with Crippen LogP contribution in [-0.2, 0) is 5.41 Å². The zero-order valence-corrected chi connectivity index (χ0v) is 7.07. The van der Waals surface area contributed by atoms with Crippen molar-refractivity contribution in [1.82, 2.24) is 4.98 Å². The minimum absolute atomic E-state index is 0.0237. The molecule has 0 amide bonds. The van der Waals surface area contributed by atoms with Crippen molar-refractivity contribution in [3.05, 3.63) is 17.3 Å². The zero-order valence-electron chi connectivity index (χ0n) is 6.31. The predicted octanol–water partition coefficient (Wildman–Crippen LogP) is 2.63. The number of rotatable bonds is 0. The smallest absolute Gasteiger partial charge is 0.217 e. The lowest BCUT2D eigenvalue weighted by Gasteiger charge is -2.13. The predicted molar refractivity (Wildman–Crippen MR) is 40.2 cm³/mol. The molecule has 0 aliphatic rings. The van der Waals surface area contributed by atoms with Gasteiger partial charge >= 0.3 is 0 Å². The van der Waals surface area contributed by atoms with Crippen LogP contribution in [0.15, 0.2) is 10.8 Å². The van der Waals surface area contributed by atoms with E-state index in [2.05, 4.69) is 4.98 Å². The summed E-state index contributed by atoms with van der Waals surface area (Å²) in [7, 11) is 0. The van der Waals surface area contributed by atoms with E-state index in [-0.39, 0.29) is 5.41 Å². The Morgan fingerprint density at radius 2 is 2.10 bits per heavy atom. The third-order valence-electron chi connectivity index (χ3n) is 1.23. The molecule has 1 aromatic heterocycles. The number of aromatic nitrogens is 1. The standard InChI is InChI=1S/C7H10ClNO/c1-7(2,3)5-6(8)10-4-9-5/h4H,1-3H3. The highest BCUT2D eigenvalue weighted by molar-refractivity contribution is 6.29. The molecule has 0 aromatic carbocycles. The quantitative estimate of drug-likeness (QED) is 0.582. The lowest BCUT2D eigenvalue weighted by atomic mass is 9.93. The molecule has 3 heteroatoms. The van der Waals surface area contributed by atoms with Crippen molar-refractivity contribution >= 4 is 11.6 Å². The van der Waals surface area contributed by atoms with Crippen molar-refractivity contribution in [3.8, 4) is 0 Å². The molecule has 0 spiro atoms. The first-order chi connectivity index (χ1) is 4.52. The molecule has 2 nitrogen and oxygen atoms in total. The second kappa shape index (κ2) is 2.27. The summed E-state index contributed by atoms with van der Waals surface area (Å²) in [6, 6.07) is 0. The van der Waals surface area contributed by atoms with Crippen molar-refractivity contribution in [2.45, 2.75) is 26.2 Å². The molecule has 0 bridgehead atoms. The van der Waals surface area contributed by atoms with Gasteiger partial charge in [-0.25, -0.2) is 4.98 Å². The van der Waals surface area contributed by atoms with Gasteiger partial charge in [-0.1, -0.05) is 20.8 Å². The SMILES string of the molecule is CC(C)(C)c1ncoc1Cl. The molecule has 0 unspecified atom stereocenters. The van der Waals surface area contributed by atoms with Gasteiger partial charge < -0.3 is 4.42 Å². The molecule has 0 aliphatic heterocycles. The van der Waals surface area contributed by atoms with E-state index < -0.39 is 0 Å². The second-order valence-electron chi connectivity index (χ2n) is 3.22. The van der Waals surface area contributed by atoms with E-state index in [4.69, 9.17) is 16.0 Å². The van der Waals surface area contributed by atoms with Gasteiger partial charge in [-0.15, -0.1) is 0 Å². The topological polar surface area (TPSA) is 26.0 Å². The Labute approximate surface area is 65.2 Å². The molecular weight excluding hydrogens is 150 g/mol. The van der Waals surface area contributed by atoms with Gasteiger partial charge in [0.2, 0.25) is 5.22 Å². The van der Waals surface area contributed by atoms with Gasteiger partial charge in [0.1, 0.15) is 5.69 Å². The van der Waals surface area contributed by atoms with Crippen molar-refractivity contribution in [2.75, 3.05) is 0 Å². The number of hydrogen-bond donors (Lipinski definition) is 0. The molecule has 10 heavy (non-hydrogen) atoms. The highest BCUT2D eigenvalue weighted by atomic mass is 35.5. The first-order valence-corrected chi connectivity index (χ1v) is 3.49. The normalized spacial score (nSPS) is 12.0. The van der Waals surface area contributed by atoms with Gasteiger partial charge in [-0.3, -0.25) is 0 Å². The van der Waals surface area contributed by atoms with Gasteiger partial charge in [0, 0.05) is 5.41 Å². The third-order valence-corrected chi connectivity index (χ3v) is 1.50. The van der Waals surface area contributed by atoms with Crippen LogP contribution in [0.1, 0.15) is 26.5 Å². The highest BCUT2D eigenvalue weighted by Crippen LogP contribution is 2.27. The molecule has 1 heterocycles. The number of oxazole rings is 1. The molecule has 0 radical (unpaired) electrons. The van der Waals surface area contributed by atoms with Crippen LogP contribution in [0.25, 0.3) is 0 Å². The van der Waals surface area contributed by atoms with E-state index >= 15 is 0 Å². The Balaban J connectivity index is 3.05. The van der Waals surface area contributed by atoms with Crippen LogP contribution in [0.4, 0.5) is 0 Å². The number of nitrogens with zero attached hydrogens (tertiary/aromatic N) is 1. The van der Waals surface area contributed by atoms with Crippen molar-refractivity contribution in [2.24, 2.45) is 0 Å². The maximum Gasteiger partial charge on any atom is 0.217 e. The molecule has 0 saturated carbocycles. The third kappa shape index (κ3) is 1.32. The fraction of sp³-hybridized carbons (Fsp3) is 0.571. The van der Waals surface area contributed by atoms with Crippen LogP contribution in [0.5, 0.6) is 0 Å². The van der Waals surface area contributed by atoms with Gasteiger partial charge in [0.05, 0.1) is 0 Å². The summed E-state index contributed by atoms with van der Waals surface area (Å²) in [6.45, 7) is 6.12. The molecular formula is C7H10ClNO. The molecule has 0 aliphatic carbocycles. The molecule has 1 rings (SSSR count). The Hall–Kier alpha value is -0.500. The summed E-state index contributed by atoms with van der Waals surface area (Å²) in [5.74, 6) is 0. The minimum Gasteiger partial charge on any atom is -0.432 e. The van der Waals surface area contributed by atoms with Gasteiger partial charge in [0.25, 0.3) is 0 Å². The van der Waals surface area contributed by atoms with Crippen molar-refractivity contribution in [1.29, 1.82) is 0 Å². The molecule has 0 N–H and O–H groups in total. The van der Waals surface area contributed by atoms with Crippen LogP contribution in [0.2, 0.25) is 5.22 Å². The maximum atomic E-state index is 5.70. The first kappa shape index (κ1) is 7.61. The fourth-order valence-corrected chi connectivity index (χ4v) is 1.09. The van der Waals surface area contributed by atoms with Gasteiger partial charge in [-0.05, 0) is 11.6 Å². The largest absolute Gasteiger partial charge is 0.432 e. The molecule has 56 valence electrons. The summed E-state index contributed by atoms with van der Waals surface area (Å²) in [5.41, 5.74) is 0.790. The number of halogens is 1. The summed E-state index contributed by atoms with van der Waals surface area (Å²) >= 11 is 5.70. The highest BCUT2D eigenvalue weighted by Gasteiger charge is 2.20. The minimum atomic E-state index is -0.0237. The zero-order chi connectivity index (χ0) is 7.78. The van der Waals surface area contributed by atoms with Crippen LogP contribution >= 0.6 is 11.6 Å². The van der Waals surface area contributed by atoms with Gasteiger partial charge in [-0.2, -0.15) is 0 Å². The Bertz CT molecular complexity index is 224. The molecule has 0 atom stereocenters. The van der Waals surface area contributed by atoms with Crippen LogP contribution in [-0.4, -0.2) is 4.98 Å². The van der Waals surface area contributed by atoms with E-state index in [1.807, 2.05) is 20.8 Å². The number of hydrogen-bond acceptors (Lipinski definition) is 2. The average Bonchev–Trinajstić information content (AvgIpc) is 2.11. The van der Waals surface area contributed by atoms with Crippen molar-refractivity contribution in [3.63, 3.8) is 0 Å². The average molecular weight is 160 g/mol. The lowest BCUT2D eigenvalue weighted by Crippen LogP contribution is -2.11. The summed E-state index contributed by atoms with van der Waals surface area (Å²) in [6.07, 6.45) is 1.36. The Kier molecular flexibility index (Phi) is 1.73. The van der Waals surface area contributed by atoms with Crippen LogP contribution in [0.3, 0.4) is 0 Å². The van der Waals surface area contributed by atoms with Crippen LogP contribution < -0.4 is 0 Å². The second-order valence-corrected chi connectivity index (χ2v) is 3.57. The summed E-state index contributed by atoms with van der Waals surface area (Å²) < 4.78 is 4.85. The molecule has 1 aromatic rings. The van der Waals surface area contributed by atoms with E-state index in [1.54, 1.807) is 0 Å². The van der Waals surface area contributed by atoms with E-state index in [0.717, 1.165) is 5.69 Å². The summed E-state index contributed by atoms with van der Waals surface area (Å²) in [5, 5.41) is 0.396. The van der Waals surface area contributed by atoms with E-state index in [0.29, 0.717) is 5.22 Å².